The Morgan fingerprint density at radius 2 is 2.17 bits per heavy atom. The summed E-state index contributed by atoms with van der Waals surface area (Å²) in [7, 11) is -3.37. The van der Waals surface area contributed by atoms with Crippen molar-refractivity contribution >= 4 is 27.7 Å². The van der Waals surface area contributed by atoms with Gasteiger partial charge in [-0.05, 0) is 13.2 Å². The summed E-state index contributed by atoms with van der Waals surface area (Å²) < 4.78 is 31.1. The summed E-state index contributed by atoms with van der Waals surface area (Å²) in [6, 6.07) is 1.58. The van der Waals surface area contributed by atoms with E-state index in [1.807, 2.05) is 6.92 Å². The van der Waals surface area contributed by atoms with Gasteiger partial charge in [-0.2, -0.15) is 16.1 Å². The number of thioether (sulfide) groups is 1. The van der Waals surface area contributed by atoms with Gasteiger partial charge in [0.25, 0.3) is 0 Å². The lowest BCUT2D eigenvalue weighted by atomic mass is 10.4. The summed E-state index contributed by atoms with van der Waals surface area (Å²) in [5.41, 5.74) is 0.435. The minimum atomic E-state index is -3.37. The van der Waals surface area contributed by atoms with E-state index in [2.05, 4.69) is 26.6 Å². The van der Waals surface area contributed by atoms with Gasteiger partial charge in [-0.1, -0.05) is 5.16 Å². The molecule has 0 aliphatic carbocycles. The highest BCUT2D eigenvalue weighted by Crippen LogP contribution is 2.13. The monoisotopic (exact) mass is 375 g/mol. The molecule has 8 nitrogen and oxygen atoms in total. The Hall–Kier alpha value is -1.26. The molecule has 1 aromatic heterocycles. The molecule has 10 heteroatoms. The minimum absolute atomic E-state index is 0.120. The first-order valence-electron chi connectivity index (χ1n) is 7.96. The highest BCUT2D eigenvalue weighted by atomic mass is 32.2. The van der Waals surface area contributed by atoms with E-state index in [0.29, 0.717) is 31.9 Å². The van der Waals surface area contributed by atoms with E-state index in [1.165, 1.54) is 10.6 Å². The van der Waals surface area contributed by atoms with E-state index in [1.54, 1.807) is 17.8 Å². The first kappa shape index (κ1) is 19.1. The molecule has 2 heterocycles. The van der Waals surface area contributed by atoms with E-state index in [-0.39, 0.29) is 5.75 Å². The van der Waals surface area contributed by atoms with Gasteiger partial charge in [0, 0.05) is 44.5 Å². The van der Waals surface area contributed by atoms with Crippen molar-refractivity contribution in [2.24, 2.45) is 4.99 Å². The third-order valence-electron chi connectivity index (χ3n) is 3.64. The number of hydrogen-bond acceptors (Lipinski definition) is 6. The molecule has 0 saturated carbocycles. The molecular formula is C14H25N5O3S2. The summed E-state index contributed by atoms with van der Waals surface area (Å²) >= 11 is 1.76. The zero-order valence-electron chi connectivity index (χ0n) is 14.1. The van der Waals surface area contributed by atoms with Crippen LogP contribution < -0.4 is 5.32 Å². The quantitative estimate of drug-likeness (QED) is 0.420. The third kappa shape index (κ3) is 5.38. The Morgan fingerprint density at radius 3 is 2.75 bits per heavy atom. The van der Waals surface area contributed by atoms with Crippen LogP contribution in [0, 0.1) is 0 Å². The number of guanidine groups is 1. The Bertz CT molecular complexity index is 610. The third-order valence-corrected chi connectivity index (χ3v) is 6.05. The molecule has 0 atom stereocenters. The summed E-state index contributed by atoms with van der Waals surface area (Å²) in [6.07, 6.45) is 3.44. The summed E-state index contributed by atoms with van der Waals surface area (Å²) in [5, 5.41) is 6.96. The highest BCUT2D eigenvalue weighted by molar-refractivity contribution is 7.98. The molecule has 0 amide bonds. The molecule has 0 unspecified atom stereocenters. The van der Waals surface area contributed by atoms with Gasteiger partial charge in [0.15, 0.2) is 5.96 Å². The molecule has 1 fully saturated rings. The summed E-state index contributed by atoms with van der Waals surface area (Å²) in [5.74, 6) is 1.71. The number of sulfonamides is 1. The Kier molecular flexibility index (Phi) is 7.38. The molecule has 0 bridgehead atoms. The first-order valence-corrected chi connectivity index (χ1v) is 11.0. The fourth-order valence-corrected chi connectivity index (χ4v) is 4.14. The SMILES string of the molecule is CCNC(=NCCSC)N1CCN(S(=O)(=O)Cc2ccon2)CC1. The molecule has 1 aliphatic rings. The van der Waals surface area contributed by atoms with Crippen LogP contribution >= 0.6 is 11.8 Å². The molecule has 0 aromatic carbocycles. The number of nitrogens with one attached hydrogen (secondary N) is 1. The van der Waals surface area contributed by atoms with Crippen molar-refractivity contribution in [3.05, 3.63) is 18.0 Å². The average Bonchev–Trinajstić information content (AvgIpc) is 3.06. The molecule has 136 valence electrons. The number of nitrogens with zero attached hydrogens (tertiary/aromatic N) is 4. The van der Waals surface area contributed by atoms with Crippen LogP contribution in [0.1, 0.15) is 12.6 Å². The predicted molar refractivity (Wildman–Crippen MR) is 96.6 cm³/mol. The summed E-state index contributed by atoms with van der Waals surface area (Å²) in [4.78, 5) is 6.71. The number of aliphatic imine (C=N–C) groups is 1. The topological polar surface area (TPSA) is 91.0 Å². The Balaban J connectivity index is 1.92. The second kappa shape index (κ2) is 9.28. The lowest BCUT2D eigenvalue weighted by Crippen LogP contribution is -2.54. The van der Waals surface area contributed by atoms with E-state index in [0.717, 1.165) is 24.8 Å². The van der Waals surface area contributed by atoms with Crippen LogP contribution in [-0.2, 0) is 15.8 Å². The van der Waals surface area contributed by atoms with Crippen LogP contribution in [0.4, 0.5) is 0 Å². The van der Waals surface area contributed by atoms with Gasteiger partial charge in [0.2, 0.25) is 10.0 Å². The van der Waals surface area contributed by atoms with Crippen molar-refractivity contribution in [2.75, 3.05) is 51.3 Å². The van der Waals surface area contributed by atoms with Gasteiger partial charge >= 0.3 is 0 Å². The molecule has 1 N–H and O–H groups in total. The van der Waals surface area contributed by atoms with Crippen molar-refractivity contribution in [3.63, 3.8) is 0 Å². The van der Waals surface area contributed by atoms with Crippen molar-refractivity contribution in [2.45, 2.75) is 12.7 Å². The van der Waals surface area contributed by atoms with Crippen molar-refractivity contribution in [1.29, 1.82) is 0 Å². The van der Waals surface area contributed by atoms with Gasteiger partial charge in [0.1, 0.15) is 12.0 Å². The average molecular weight is 376 g/mol. The smallest absolute Gasteiger partial charge is 0.220 e. The standard InChI is InChI=1S/C14H25N5O3S2/c1-3-15-14(16-5-11-23-2)18-6-8-19(9-7-18)24(20,21)12-13-4-10-22-17-13/h4,10H,3,5-9,11-12H2,1-2H3,(H,15,16). The number of aromatic nitrogens is 1. The van der Waals surface area contributed by atoms with E-state index in [9.17, 15) is 8.42 Å². The van der Waals surface area contributed by atoms with E-state index >= 15 is 0 Å². The largest absolute Gasteiger partial charge is 0.364 e. The van der Waals surface area contributed by atoms with Crippen LogP contribution in [0.2, 0.25) is 0 Å². The number of hydrogen-bond donors (Lipinski definition) is 1. The molecule has 24 heavy (non-hydrogen) atoms. The van der Waals surface area contributed by atoms with Gasteiger partial charge in [-0.15, -0.1) is 0 Å². The molecule has 0 spiro atoms. The van der Waals surface area contributed by atoms with E-state index in [4.69, 9.17) is 4.52 Å². The van der Waals surface area contributed by atoms with Gasteiger partial charge in [-0.25, -0.2) is 8.42 Å². The van der Waals surface area contributed by atoms with Crippen LogP contribution in [-0.4, -0.2) is 80.0 Å². The first-order chi connectivity index (χ1) is 11.6. The lowest BCUT2D eigenvalue weighted by molar-refractivity contribution is 0.260. The number of piperazine rings is 1. The molecule has 2 rings (SSSR count). The fourth-order valence-electron chi connectivity index (χ4n) is 2.44. The maximum atomic E-state index is 12.4. The van der Waals surface area contributed by atoms with Gasteiger partial charge < -0.3 is 14.7 Å². The molecule has 0 radical (unpaired) electrons. The minimum Gasteiger partial charge on any atom is -0.364 e. The van der Waals surface area contributed by atoms with Crippen LogP contribution in [0.3, 0.4) is 0 Å². The maximum Gasteiger partial charge on any atom is 0.220 e. The predicted octanol–water partition coefficient (Wildman–Crippen LogP) is 0.451. The van der Waals surface area contributed by atoms with Gasteiger partial charge in [0.05, 0.1) is 12.2 Å². The second-order valence-electron chi connectivity index (χ2n) is 5.36. The molecule has 1 saturated heterocycles. The Labute approximate surface area is 147 Å². The summed E-state index contributed by atoms with van der Waals surface area (Å²) in [6.45, 7) is 5.74. The Morgan fingerprint density at radius 1 is 1.42 bits per heavy atom. The molecule has 1 aliphatic heterocycles. The van der Waals surface area contributed by atoms with E-state index < -0.39 is 10.0 Å². The highest BCUT2D eigenvalue weighted by Gasteiger charge is 2.28. The number of rotatable bonds is 7. The van der Waals surface area contributed by atoms with Crippen molar-refractivity contribution in [3.8, 4) is 0 Å². The van der Waals surface area contributed by atoms with Crippen LogP contribution in [0.15, 0.2) is 21.8 Å². The van der Waals surface area contributed by atoms with Gasteiger partial charge in [-0.3, -0.25) is 4.99 Å². The normalized spacial score (nSPS) is 17.2. The van der Waals surface area contributed by atoms with Crippen LogP contribution in [0.25, 0.3) is 0 Å². The molecule has 1 aromatic rings. The maximum absolute atomic E-state index is 12.4. The zero-order valence-corrected chi connectivity index (χ0v) is 15.8. The zero-order chi connectivity index (χ0) is 17.4. The van der Waals surface area contributed by atoms with Crippen molar-refractivity contribution in [1.82, 2.24) is 19.7 Å². The second-order valence-corrected chi connectivity index (χ2v) is 8.32. The van der Waals surface area contributed by atoms with Crippen LogP contribution in [0.5, 0.6) is 0 Å². The molecular weight excluding hydrogens is 350 g/mol. The lowest BCUT2D eigenvalue weighted by Gasteiger charge is -2.35. The fraction of sp³-hybridized carbons (Fsp3) is 0.714. The van der Waals surface area contributed by atoms with Crippen molar-refractivity contribution < 1.29 is 12.9 Å².